The summed E-state index contributed by atoms with van der Waals surface area (Å²) in [5.74, 6) is -0.647. The lowest BCUT2D eigenvalue weighted by atomic mass is 9.92. The second kappa shape index (κ2) is 7.63. The number of aliphatic hydroxyl groups excluding tert-OH is 1. The first kappa shape index (κ1) is 19.6. The molecule has 2 heterocycles. The quantitative estimate of drug-likeness (QED) is 0.739. The summed E-state index contributed by atoms with van der Waals surface area (Å²) < 4.78 is 13.5. The zero-order valence-electron chi connectivity index (χ0n) is 16.7. The lowest BCUT2D eigenvalue weighted by molar-refractivity contribution is -0.117. The van der Waals surface area contributed by atoms with Crippen LogP contribution in [0.25, 0.3) is 0 Å². The van der Waals surface area contributed by atoms with Gasteiger partial charge in [-0.3, -0.25) is 9.59 Å². The van der Waals surface area contributed by atoms with Crippen LogP contribution in [0.4, 0.5) is 10.1 Å². The molecule has 2 amide bonds. The maximum Gasteiger partial charge on any atom is 0.253 e. The van der Waals surface area contributed by atoms with Gasteiger partial charge >= 0.3 is 0 Å². The first-order chi connectivity index (χ1) is 13.8. The van der Waals surface area contributed by atoms with Crippen molar-refractivity contribution in [1.82, 2.24) is 10.3 Å². The van der Waals surface area contributed by atoms with E-state index in [2.05, 4.69) is 10.3 Å². The fourth-order valence-corrected chi connectivity index (χ4v) is 4.52. The van der Waals surface area contributed by atoms with Crippen LogP contribution in [0, 0.1) is 19.7 Å². The summed E-state index contributed by atoms with van der Waals surface area (Å²) >= 11 is 0. The molecule has 154 valence electrons. The Kier molecular flexibility index (Phi) is 5.17. The van der Waals surface area contributed by atoms with Crippen LogP contribution in [0.1, 0.15) is 58.6 Å². The van der Waals surface area contributed by atoms with Crippen LogP contribution in [0.5, 0.6) is 0 Å². The first-order valence-electron chi connectivity index (χ1n) is 10.1. The van der Waals surface area contributed by atoms with Crippen molar-refractivity contribution >= 4 is 17.5 Å². The van der Waals surface area contributed by atoms with Crippen LogP contribution in [0.2, 0.25) is 0 Å². The maximum absolute atomic E-state index is 13.5. The predicted octanol–water partition coefficient (Wildman–Crippen LogP) is 2.89. The Morgan fingerprint density at radius 3 is 2.83 bits per heavy atom. The summed E-state index contributed by atoms with van der Waals surface area (Å²) in [6.45, 7) is 3.98. The summed E-state index contributed by atoms with van der Waals surface area (Å²) in [5.41, 5.74) is 4.24. The number of fused-ring (bicyclic) bond motifs is 1. The monoisotopic (exact) mass is 399 g/mol. The molecule has 2 aromatic rings. The van der Waals surface area contributed by atoms with Crippen molar-refractivity contribution in [2.75, 3.05) is 4.90 Å². The molecule has 0 bridgehead atoms. The number of aryl methyl sites for hydroxylation is 1. The van der Waals surface area contributed by atoms with Gasteiger partial charge in [-0.05, 0) is 56.0 Å². The maximum atomic E-state index is 13.5. The van der Waals surface area contributed by atoms with E-state index in [1.807, 2.05) is 13.8 Å². The number of aromatic nitrogens is 1. The Morgan fingerprint density at radius 2 is 2.07 bits per heavy atom. The number of aliphatic hydroxyl groups is 1. The molecule has 0 spiro atoms. The van der Waals surface area contributed by atoms with E-state index in [1.165, 1.54) is 12.1 Å². The molecule has 0 saturated heterocycles. The Bertz CT molecular complexity index is 968. The van der Waals surface area contributed by atoms with Gasteiger partial charge in [-0.15, -0.1) is 0 Å². The fourth-order valence-electron chi connectivity index (χ4n) is 4.52. The average Bonchev–Trinajstić information content (AvgIpc) is 3.12. The van der Waals surface area contributed by atoms with Gasteiger partial charge in [0.1, 0.15) is 5.82 Å². The SMILES string of the molecule is Cc1[nH]c(CN2C(=O)Cc3cc(F)ccc32)c(C)c1C(=O)N[C@H]1CCCC[C@@H]1O. The van der Waals surface area contributed by atoms with Crippen molar-refractivity contribution in [3.05, 3.63) is 52.1 Å². The van der Waals surface area contributed by atoms with Crippen LogP contribution in [-0.2, 0) is 17.8 Å². The molecule has 0 unspecified atom stereocenters. The summed E-state index contributed by atoms with van der Waals surface area (Å²) in [6.07, 6.45) is 3.13. The number of carbonyl (C=O) groups excluding carboxylic acids is 2. The second-order valence-electron chi connectivity index (χ2n) is 8.09. The van der Waals surface area contributed by atoms with Crippen molar-refractivity contribution in [3.63, 3.8) is 0 Å². The molecule has 0 radical (unpaired) electrons. The summed E-state index contributed by atoms with van der Waals surface area (Å²) in [6, 6.07) is 4.15. The smallest absolute Gasteiger partial charge is 0.253 e. The molecule has 1 aliphatic heterocycles. The van der Waals surface area contributed by atoms with Gasteiger partial charge in [-0.2, -0.15) is 0 Å². The molecule has 6 nitrogen and oxygen atoms in total. The van der Waals surface area contributed by atoms with E-state index in [0.29, 0.717) is 29.8 Å². The molecule has 2 atom stereocenters. The number of H-pyrrole nitrogens is 1. The Balaban J connectivity index is 1.55. The van der Waals surface area contributed by atoms with Gasteiger partial charge in [-0.25, -0.2) is 4.39 Å². The third-order valence-electron chi connectivity index (χ3n) is 6.11. The van der Waals surface area contributed by atoms with E-state index in [9.17, 15) is 19.1 Å². The molecule has 29 heavy (non-hydrogen) atoms. The number of aromatic amines is 1. The van der Waals surface area contributed by atoms with E-state index in [-0.39, 0.29) is 30.1 Å². The van der Waals surface area contributed by atoms with E-state index in [0.717, 1.165) is 36.2 Å². The molecule has 1 aromatic heterocycles. The average molecular weight is 399 g/mol. The highest BCUT2D eigenvalue weighted by molar-refractivity contribution is 6.01. The zero-order chi connectivity index (χ0) is 20.7. The number of hydrogen-bond acceptors (Lipinski definition) is 3. The molecule has 1 aliphatic carbocycles. The van der Waals surface area contributed by atoms with E-state index < -0.39 is 6.10 Å². The minimum Gasteiger partial charge on any atom is -0.391 e. The minimum absolute atomic E-state index is 0.0893. The van der Waals surface area contributed by atoms with Crippen LogP contribution in [0.15, 0.2) is 18.2 Å². The molecule has 7 heteroatoms. The molecule has 1 aromatic carbocycles. The second-order valence-corrected chi connectivity index (χ2v) is 8.09. The summed E-state index contributed by atoms with van der Waals surface area (Å²) in [4.78, 5) is 30.2. The Hall–Kier alpha value is -2.67. The lowest BCUT2D eigenvalue weighted by Crippen LogP contribution is -2.45. The highest BCUT2D eigenvalue weighted by atomic mass is 19.1. The molecular weight excluding hydrogens is 373 g/mol. The Labute approximate surface area is 169 Å². The third kappa shape index (κ3) is 3.67. The number of benzene rings is 1. The highest BCUT2D eigenvalue weighted by Crippen LogP contribution is 2.32. The number of hydrogen-bond donors (Lipinski definition) is 3. The van der Waals surface area contributed by atoms with E-state index in [1.54, 1.807) is 11.0 Å². The number of nitrogens with one attached hydrogen (secondary N) is 2. The van der Waals surface area contributed by atoms with Gasteiger partial charge < -0.3 is 20.3 Å². The molecule has 1 saturated carbocycles. The van der Waals surface area contributed by atoms with Gasteiger partial charge in [-0.1, -0.05) is 12.8 Å². The third-order valence-corrected chi connectivity index (χ3v) is 6.11. The summed E-state index contributed by atoms with van der Waals surface area (Å²) in [5, 5.41) is 13.1. The molecule has 3 N–H and O–H groups in total. The van der Waals surface area contributed by atoms with Crippen molar-refractivity contribution in [1.29, 1.82) is 0 Å². The van der Waals surface area contributed by atoms with Crippen LogP contribution in [0.3, 0.4) is 0 Å². The first-order valence-corrected chi connectivity index (χ1v) is 10.1. The van der Waals surface area contributed by atoms with Gasteiger partial charge in [0.15, 0.2) is 0 Å². The number of carbonyl (C=O) groups is 2. The van der Waals surface area contributed by atoms with Gasteiger partial charge in [0.25, 0.3) is 5.91 Å². The lowest BCUT2D eigenvalue weighted by Gasteiger charge is -2.28. The van der Waals surface area contributed by atoms with Crippen molar-refractivity contribution < 1.29 is 19.1 Å². The van der Waals surface area contributed by atoms with Crippen molar-refractivity contribution in [2.24, 2.45) is 0 Å². The molecular formula is C22H26FN3O3. The van der Waals surface area contributed by atoms with Crippen molar-refractivity contribution in [2.45, 2.75) is 64.6 Å². The Morgan fingerprint density at radius 1 is 1.31 bits per heavy atom. The van der Waals surface area contributed by atoms with Gasteiger partial charge in [0.2, 0.25) is 5.91 Å². The van der Waals surface area contributed by atoms with E-state index in [4.69, 9.17) is 0 Å². The molecule has 2 aliphatic rings. The number of halogens is 1. The zero-order valence-corrected chi connectivity index (χ0v) is 16.7. The molecule has 1 fully saturated rings. The predicted molar refractivity (Wildman–Crippen MR) is 107 cm³/mol. The highest BCUT2D eigenvalue weighted by Gasteiger charge is 2.30. The van der Waals surface area contributed by atoms with Crippen molar-refractivity contribution in [3.8, 4) is 0 Å². The van der Waals surface area contributed by atoms with Gasteiger partial charge in [0.05, 0.1) is 30.7 Å². The number of amides is 2. The van der Waals surface area contributed by atoms with Crippen LogP contribution >= 0.6 is 0 Å². The summed E-state index contributed by atoms with van der Waals surface area (Å²) in [7, 11) is 0. The number of anilines is 1. The van der Waals surface area contributed by atoms with Gasteiger partial charge in [0, 0.05) is 17.1 Å². The number of nitrogens with zero attached hydrogens (tertiary/aromatic N) is 1. The van der Waals surface area contributed by atoms with Crippen LogP contribution in [-0.4, -0.2) is 34.1 Å². The van der Waals surface area contributed by atoms with Crippen LogP contribution < -0.4 is 10.2 Å². The molecule has 4 rings (SSSR count). The standard InChI is InChI=1S/C22H26FN3O3/c1-12-17(11-26-18-8-7-15(23)9-14(18)10-20(26)28)24-13(2)21(12)22(29)25-16-5-3-4-6-19(16)27/h7-9,16,19,24,27H,3-6,10-11H2,1-2H3,(H,25,29)/t16-,19-/m0/s1. The minimum atomic E-state index is -0.508. The largest absolute Gasteiger partial charge is 0.391 e. The number of rotatable bonds is 4. The normalized spacial score (nSPS) is 21.4. The topological polar surface area (TPSA) is 85.4 Å². The fraction of sp³-hybridized carbons (Fsp3) is 0.455. The van der Waals surface area contributed by atoms with E-state index >= 15 is 0 Å².